The van der Waals surface area contributed by atoms with Crippen LogP contribution in [0.25, 0.3) is 0 Å². The molecule has 0 radical (unpaired) electrons. The maximum Gasteiger partial charge on any atom is 0.426 e. The van der Waals surface area contributed by atoms with Gasteiger partial charge in [0, 0.05) is 35.8 Å². The maximum atomic E-state index is 14.9. The lowest BCUT2D eigenvalue weighted by Gasteiger charge is -2.42. The van der Waals surface area contributed by atoms with Crippen LogP contribution >= 0.6 is 0 Å². The first-order chi connectivity index (χ1) is 19.7. The van der Waals surface area contributed by atoms with Crippen LogP contribution in [0.4, 0.5) is 26.3 Å². The van der Waals surface area contributed by atoms with E-state index < -0.39 is 81.3 Å². The molecule has 5 rings (SSSR count). The standard InChI is InChI=1S/C26H25F6N3O4S/c1-24(29,26(30,31)32)15-11-14-3-8-20-25(21(14)33-13-15,40(38,39)17-6-4-16(27)5-7-17)9-10-35(20)23(37)19-12-18(28)22(36)34(19)2/h4-7,11,13,18-20H,3,8-10,12H2,1-2H3/t18-,19+,20?,24?,25?/m1/s1/i2D3. The smallest absolute Gasteiger partial charge is 0.336 e. The summed E-state index contributed by atoms with van der Waals surface area (Å²) in [6, 6.07) is 1.56. The van der Waals surface area contributed by atoms with Crippen molar-refractivity contribution < 1.29 is 48.5 Å². The first kappa shape index (κ1) is 24.6. The number of benzene rings is 1. The number of rotatable bonds is 4. The number of pyridine rings is 1. The van der Waals surface area contributed by atoms with E-state index in [-0.39, 0.29) is 46.9 Å². The van der Waals surface area contributed by atoms with Gasteiger partial charge in [-0.15, -0.1) is 0 Å². The fraction of sp³-hybridized carbons (Fsp3) is 0.500. The van der Waals surface area contributed by atoms with Gasteiger partial charge < -0.3 is 9.80 Å². The van der Waals surface area contributed by atoms with Crippen molar-refractivity contribution in [3.05, 3.63) is 59.2 Å². The fourth-order valence-electron chi connectivity index (χ4n) is 5.96. The van der Waals surface area contributed by atoms with Gasteiger partial charge in [0.1, 0.15) is 16.6 Å². The Hall–Kier alpha value is -3.16. The van der Waals surface area contributed by atoms with E-state index in [0.717, 1.165) is 35.2 Å². The molecule has 7 nitrogen and oxygen atoms in total. The number of carbonyl (C=O) groups is 2. The normalized spacial score (nSPS) is 29.7. The van der Waals surface area contributed by atoms with Crippen LogP contribution in [0.15, 0.2) is 41.4 Å². The van der Waals surface area contributed by atoms with Crippen LogP contribution in [0.2, 0.25) is 0 Å². The average Bonchev–Trinajstić information content (AvgIpc) is 3.46. The number of sulfone groups is 1. The molecular weight excluding hydrogens is 564 g/mol. The Kier molecular flexibility index (Phi) is 5.65. The van der Waals surface area contributed by atoms with Crippen LogP contribution in [0, 0.1) is 5.82 Å². The third kappa shape index (κ3) is 3.92. The number of likely N-dealkylation sites (tertiary alicyclic amines) is 2. The second-order valence-corrected chi connectivity index (χ2v) is 12.5. The first-order valence-electron chi connectivity index (χ1n) is 13.8. The van der Waals surface area contributed by atoms with E-state index in [2.05, 4.69) is 4.98 Å². The molecule has 0 saturated carbocycles. The third-order valence-corrected chi connectivity index (χ3v) is 10.7. The Morgan fingerprint density at radius 1 is 1.20 bits per heavy atom. The summed E-state index contributed by atoms with van der Waals surface area (Å²) in [5.74, 6) is -3.18. The molecule has 1 aliphatic carbocycles. The Bertz CT molecular complexity index is 1590. The van der Waals surface area contributed by atoms with Crippen molar-refractivity contribution in [1.29, 1.82) is 0 Å². The number of aromatic nitrogens is 1. The predicted molar refractivity (Wildman–Crippen MR) is 129 cm³/mol. The van der Waals surface area contributed by atoms with E-state index in [1.165, 1.54) is 0 Å². The van der Waals surface area contributed by atoms with E-state index in [1.807, 2.05) is 0 Å². The molecule has 2 amide bonds. The van der Waals surface area contributed by atoms with Gasteiger partial charge in [-0.25, -0.2) is 21.6 Å². The topological polar surface area (TPSA) is 87.7 Å². The molecule has 2 fully saturated rings. The number of amides is 2. The number of hydrogen-bond donors (Lipinski definition) is 0. The van der Waals surface area contributed by atoms with E-state index in [0.29, 0.717) is 13.1 Å². The van der Waals surface area contributed by atoms with Crippen LogP contribution in [-0.4, -0.2) is 73.0 Å². The minimum Gasteiger partial charge on any atom is -0.336 e. The van der Waals surface area contributed by atoms with Crippen LogP contribution in [-0.2, 0) is 36.3 Å². The minimum absolute atomic E-state index is 0.00848. The van der Waals surface area contributed by atoms with Crippen LogP contribution in [0.5, 0.6) is 0 Å². The lowest BCUT2D eigenvalue weighted by atomic mass is 9.80. The molecule has 2 saturated heterocycles. The van der Waals surface area contributed by atoms with Crippen molar-refractivity contribution in [3.63, 3.8) is 0 Å². The molecule has 1 aromatic heterocycles. The second kappa shape index (κ2) is 9.18. The highest BCUT2D eigenvalue weighted by molar-refractivity contribution is 7.92. The van der Waals surface area contributed by atoms with E-state index in [9.17, 15) is 44.3 Å². The van der Waals surface area contributed by atoms with Crippen molar-refractivity contribution in [2.24, 2.45) is 0 Å². The second-order valence-electron chi connectivity index (χ2n) is 10.3. The van der Waals surface area contributed by atoms with Crippen molar-refractivity contribution in [2.75, 3.05) is 13.5 Å². The lowest BCUT2D eigenvalue weighted by Crippen LogP contribution is -2.55. The minimum atomic E-state index is -5.31. The van der Waals surface area contributed by atoms with E-state index in [1.54, 1.807) is 0 Å². The number of carbonyl (C=O) groups excluding carboxylic acids is 2. The molecule has 216 valence electrons. The van der Waals surface area contributed by atoms with Gasteiger partial charge in [-0.3, -0.25) is 14.6 Å². The molecule has 14 heteroatoms. The molecule has 0 spiro atoms. The Morgan fingerprint density at radius 2 is 1.88 bits per heavy atom. The predicted octanol–water partition coefficient (Wildman–Crippen LogP) is 3.75. The molecule has 0 bridgehead atoms. The number of halogens is 6. The third-order valence-electron chi connectivity index (χ3n) is 8.19. The Morgan fingerprint density at radius 3 is 2.50 bits per heavy atom. The molecular formula is C26H25F6N3O4S. The van der Waals surface area contributed by atoms with Gasteiger partial charge in [-0.2, -0.15) is 13.2 Å². The monoisotopic (exact) mass is 592 g/mol. The van der Waals surface area contributed by atoms with Gasteiger partial charge >= 0.3 is 6.18 Å². The summed E-state index contributed by atoms with van der Waals surface area (Å²) < 4.78 is 133. The zero-order chi connectivity index (χ0) is 31.9. The number of nitrogens with zero attached hydrogens (tertiary/aromatic N) is 3. The summed E-state index contributed by atoms with van der Waals surface area (Å²) in [6.07, 6.45) is -8.48. The zero-order valence-electron chi connectivity index (χ0n) is 23.9. The highest BCUT2D eigenvalue weighted by Gasteiger charge is 2.63. The fourth-order valence-corrected chi connectivity index (χ4v) is 8.28. The zero-order valence-corrected chi connectivity index (χ0v) is 21.7. The SMILES string of the molecule is [2H]C([2H])([2H])N1C(=O)[C@H](F)C[C@H]1C(=O)N1CCC2(S(=O)(=O)c3ccc(F)cc3)c3ncc(C(C)(F)C(F)(F)F)cc3CCC12. The maximum absolute atomic E-state index is 14.9. The number of fused-ring (bicyclic) bond motifs is 3. The quantitative estimate of drug-likeness (QED) is 0.399. The largest absolute Gasteiger partial charge is 0.426 e. The molecule has 40 heavy (non-hydrogen) atoms. The molecule has 3 aliphatic rings. The molecule has 2 aliphatic heterocycles. The summed E-state index contributed by atoms with van der Waals surface area (Å²) in [5.41, 5.74) is -4.91. The van der Waals surface area contributed by atoms with Gasteiger partial charge in [-0.05, 0) is 62.1 Å². The number of alkyl halides is 5. The molecule has 3 heterocycles. The van der Waals surface area contributed by atoms with Gasteiger partial charge in [0.15, 0.2) is 16.0 Å². The van der Waals surface area contributed by atoms with Crippen molar-refractivity contribution in [1.82, 2.24) is 14.8 Å². The molecule has 5 atom stereocenters. The van der Waals surface area contributed by atoms with E-state index in [4.69, 9.17) is 4.11 Å². The van der Waals surface area contributed by atoms with Crippen LogP contribution < -0.4 is 0 Å². The number of likely N-dealkylation sites (N-methyl/N-ethyl adjacent to an activating group) is 1. The van der Waals surface area contributed by atoms with Gasteiger partial charge in [-0.1, -0.05) is 0 Å². The number of aryl methyl sites for hydroxylation is 1. The molecule has 1 aromatic carbocycles. The van der Waals surface area contributed by atoms with Crippen molar-refractivity contribution in [2.45, 2.75) is 72.3 Å². The Labute approximate surface area is 230 Å². The summed E-state index contributed by atoms with van der Waals surface area (Å²) in [6.45, 7) is -3.20. The highest BCUT2D eigenvalue weighted by atomic mass is 32.2. The van der Waals surface area contributed by atoms with Crippen LogP contribution in [0.3, 0.4) is 0 Å². The van der Waals surface area contributed by atoms with Crippen molar-refractivity contribution in [3.8, 4) is 0 Å². The summed E-state index contributed by atoms with van der Waals surface area (Å²) >= 11 is 0. The number of hydrogen-bond acceptors (Lipinski definition) is 5. The van der Waals surface area contributed by atoms with Gasteiger partial charge in [0.25, 0.3) is 5.91 Å². The first-order valence-corrected chi connectivity index (χ1v) is 13.8. The van der Waals surface area contributed by atoms with Crippen molar-refractivity contribution >= 4 is 21.7 Å². The van der Waals surface area contributed by atoms with Crippen LogP contribution in [0.1, 0.15) is 47.1 Å². The summed E-state index contributed by atoms with van der Waals surface area (Å²) in [5, 5.41) is 0. The van der Waals surface area contributed by atoms with Gasteiger partial charge in [0.2, 0.25) is 11.6 Å². The lowest BCUT2D eigenvalue weighted by molar-refractivity contribution is -0.228. The molecule has 3 unspecified atom stereocenters. The van der Waals surface area contributed by atoms with Gasteiger partial charge in [0.05, 0.1) is 16.6 Å². The molecule has 0 N–H and O–H groups in total. The summed E-state index contributed by atoms with van der Waals surface area (Å²) in [7, 11) is -4.63. The van der Waals surface area contributed by atoms with E-state index >= 15 is 0 Å². The summed E-state index contributed by atoms with van der Waals surface area (Å²) in [4.78, 5) is 31.0. The molecule has 2 aromatic rings. The highest BCUT2D eigenvalue weighted by Crippen LogP contribution is 2.53. The average molecular weight is 593 g/mol. The Balaban J connectivity index is 1.65.